The lowest BCUT2D eigenvalue weighted by Crippen LogP contribution is -2.39. The minimum Gasteiger partial charge on any atom is -0.451 e. The molecular weight excluding hydrogens is 404 g/mol. The molecule has 1 aliphatic rings. The molecule has 3 aromatic heterocycles. The summed E-state index contributed by atoms with van der Waals surface area (Å²) in [5.74, 6) is 0.516. The Morgan fingerprint density at radius 3 is 2.88 bits per heavy atom. The van der Waals surface area contributed by atoms with Crippen molar-refractivity contribution < 1.29 is 9.21 Å². The summed E-state index contributed by atoms with van der Waals surface area (Å²) in [6.45, 7) is 3.12. The van der Waals surface area contributed by atoms with Gasteiger partial charge in [-0.2, -0.15) is 0 Å². The van der Waals surface area contributed by atoms with Crippen LogP contribution in [0.4, 0.5) is 0 Å². The van der Waals surface area contributed by atoms with E-state index in [9.17, 15) is 9.59 Å². The van der Waals surface area contributed by atoms with Crippen molar-refractivity contribution in [2.75, 3.05) is 13.1 Å². The number of benzene rings is 1. The normalized spacial score (nSPS) is 16.3. The highest BCUT2D eigenvalue weighted by Gasteiger charge is 2.29. The Hall–Kier alpha value is -3.87. The van der Waals surface area contributed by atoms with Gasteiger partial charge in [0.25, 0.3) is 5.91 Å². The molecule has 1 saturated heterocycles. The number of fused-ring (bicyclic) bond motifs is 1. The maximum atomic E-state index is 13.2. The molecule has 0 radical (unpaired) electrons. The summed E-state index contributed by atoms with van der Waals surface area (Å²) >= 11 is 0. The lowest BCUT2D eigenvalue weighted by atomic mass is 9.92. The van der Waals surface area contributed by atoms with Crippen molar-refractivity contribution in [1.82, 2.24) is 19.9 Å². The number of rotatable bonds is 3. The van der Waals surface area contributed by atoms with Crippen molar-refractivity contribution in [2.45, 2.75) is 25.7 Å². The van der Waals surface area contributed by atoms with E-state index in [2.05, 4.69) is 9.97 Å². The molecule has 1 fully saturated rings. The van der Waals surface area contributed by atoms with Gasteiger partial charge in [-0.15, -0.1) is 0 Å². The van der Waals surface area contributed by atoms with Crippen molar-refractivity contribution >= 4 is 16.9 Å². The van der Waals surface area contributed by atoms with Crippen molar-refractivity contribution in [2.24, 2.45) is 0 Å². The topological polar surface area (TPSA) is 89.2 Å². The number of aryl methyl sites for hydroxylation is 1. The van der Waals surface area contributed by atoms with E-state index in [4.69, 9.17) is 9.40 Å². The number of hydrogen-bond donors (Lipinski definition) is 0. The Kier molecular flexibility index (Phi) is 5.23. The number of aromatic nitrogens is 3. The van der Waals surface area contributed by atoms with E-state index in [1.807, 2.05) is 25.3 Å². The number of pyridine rings is 1. The lowest BCUT2D eigenvalue weighted by molar-refractivity contribution is 0.0674. The molecule has 5 rings (SSSR count). The number of para-hydroxylation sites is 1. The summed E-state index contributed by atoms with van der Waals surface area (Å²) in [5.41, 5.74) is 3.00. The molecule has 0 spiro atoms. The highest BCUT2D eigenvalue weighted by molar-refractivity contribution is 5.93. The molecule has 7 nitrogen and oxygen atoms in total. The largest absolute Gasteiger partial charge is 0.451 e. The van der Waals surface area contributed by atoms with E-state index >= 15 is 0 Å². The average molecular weight is 426 g/mol. The molecule has 7 heteroatoms. The number of amides is 1. The first-order valence-electron chi connectivity index (χ1n) is 10.7. The molecule has 0 N–H and O–H groups in total. The number of likely N-dealkylation sites (tertiary alicyclic amines) is 1. The minimum atomic E-state index is -0.267. The van der Waals surface area contributed by atoms with E-state index in [1.165, 1.54) is 6.07 Å². The van der Waals surface area contributed by atoms with E-state index < -0.39 is 0 Å². The molecule has 1 amide bonds. The maximum Gasteiger partial charge on any atom is 0.289 e. The van der Waals surface area contributed by atoms with Crippen LogP contribution >= 0.6 is 0 Å². The Bertz CT molecular complexity index is 1350. The van der Waals surface area contributed by atoms with E-state index in [0.29, 0.717) is 29.9 Å². The lowest BCUT2D eigenvalue weighted by Gasteiger charge is -2.32. The monoisotopic (exact) mass is 426 g/mol. The van der Waals surface area contributed by atoms with Gasteiger partial charge in [-0.25, -0.2) is 9.97 Å². The number of nitrogens with zero attached hydrogens (tertiary/aromatic N) is 4. The molecule has 1 atom stereocenters. The summed E-state index contributed by atoms with van der Waals surface area (Å²) in [6.07, 6.45) is 7.06. The molecule has 160 valence electrons. The molecule has 0 bridgehead atoms. The molecule has 4 heterocycles. The Morgan fingerprint density at radius 1 is 1.16 bits per heavy atom. The van der Waals surface area contributed by atoms with Crippen LogP contribution in [-0.4, -0.2) is 38.8 Å². The van der Waals surface area contributed by atoms with Crippen molar-refractivity contribution in [3.05, 3.63) is 88.3 Å². The number of hydrogen-bond acceptors (Lipinski definition) is 6. The molecule has 0 aliphatic carbocycles. The first kappa shape index (κ1) is 20.1. The minimum absolute atomic E-state index is 0.0739. The Morgan fingerprint density at radius 2 is 2.03 bits per heavy atom. The summed E-state index contributed by atoms with van der Waals surface area (Å²) < 4.78 is 5.78. The van der Waals surface area contributed by atoms with Crippen LogP contribution in [-0.2, 0) is 0 Å². The third kappa shape index (κ3) is 3.77. The van der Waals surface area contributed by atoms with Gasteiger partial charge in [-0.05, 0) is 49.6 Å². The summed E-state index contributed by atoms with van der Waals surface area (Å²) in [5, 5.41) is 0.472. The number of piperidine rings is 1. The summed E-state index contributed by atoms with van der Waals surface area (Å²) in [6, 6.07) is 12.1. The van der Waals surface area contributed by atoms with Crippen molar-refractivity contribution in [1.29, 1.82) is 0 Å². The van der Waals surface area contributed by atoms with Gasteiger partial charge in [0.1, 0.15) is 5.58 Å². The van der Waals surface area contributed by atoms with Gasteiger partial charge in [0.2, 0.25) is 0 Å². The molecule has 1 aliphatic heterocycles. The van der Waals surface area contributed by atoms with Crippen LogP contribution in [0.1, 0.15) is 40.6 Å². The van der Waals surface area contributed by atoms with Crippen LogP contribution < -0.4 is 5.43 Å². The smallest absolute Gasteiger partial charge is 0.289 e. The number of carbonyl (C=O) groups is 1. The van der Waals surface area contributed by atoms with E-state index in [1.54, 1.807) is 41.6 Å². The van der Waals surface area contributed by atoms with Gasteiger partial charge >= 0.3 is 0 Å². The van der Waals surface area contributed by atoms with Crippen LogP contribution in [0.5, 0.6) is 0 Å². The predicted octanol–water partition coefficient (Wildman–Crippen LogP) is 3.97. The average Bonchev–Trinajstić information content (AvgIpc) is 2.84. The maximum absolute atomic E-state index is 13.2. The van der Waals surface area contributed by atoms with Crippen LogP contribution in [0.15, 0.2) is 70.3 Å². The fraction of sp³-hybridized carbons (Fsp3) is 0.240. The fourth-order valence-corrected chi connectivity index (χ4v) is 4.25. The van der Waals surface area contributed by atoms with Gasteiger partial charge in [0.05, 0.1) is 11.1 Å². The zero-order valence-electron chi connectivity index (χ0n) is 17.7. The van der Waals surface area contributed by atoms with Crippen LogP contribution in [0.3, 0.4) is 0 Å². The molecule has 32 heavy (non-hydrogen) atoms. The van der Waals surface area contributed by atoms with Crippen molar-refractivity contribution in [3.8, 4) is 11.4 Å². The van der Waals surface area contributed by atoms with Crippen LogP contribution in [0, 0.1) is 6.92 Å². The standard InChI is InChI=1S/C25H22N4O3/c1-16-13-27-24(17-6-4-10-26-14-17)28-23(16)18-7-5-11-29(15-18)25(31)22-12-20(30)19-8-2-3-9-21(19)32-22/h2-4,6,8-10,12-14,18H,5,7,11,15H2,1H3. The van der Waals surface area contributed by atoms with Crippen LogP contribution in [0.25, 0.3) is 22.4 Å². The second-order valence-corrected chi connectivity index (χ2v) is 8.06. The van der Waals surface area contributed by atoms with E-state index in [0.717, 1.165) is 29.7 Å². The van der Waals surface area contributed by atoms with Gasteiger partial charge < -0.3 is 9.32 Å². The second-order valence-electron chi connectivity index (χ2n) is 8.06. The van der Waals surface area contributed by atoms with Gasteiger partial charge in [0.15, 0.2) is 17.0 Å². The quantitative estimate of drug-likeness (QED) is 0.492. The van der Waals surface area contributed by atoms with Gasteiger partial charge in [-0.3, -0.25) is 14.6 Å². The predicted molar refractivity (Wildman–Crippen MR) is 120 cm³/mol. The highest BCUT2D eigenvalue weighted by Crippen LogP contribution is 2.30. The Labute approximate surface area is 184 Å². The molecular formula is C25H22N4O3. The fourth-order valence-electron chi connectivity index (χ4n) is 4.25. The zero-order valence-corrected chi connectivity index (χ0v) is 17.7. The first-order valence-corrected chi connectivity index (χ1v) is 10.7. The zero-order chi connectivity index (χ0) is 22.1. The number of carbonyl (C=O) groups excluding carboxylic acids is 1. The molecule has 1 aromatic carbocycles. The first-order chi connectivity index (χ1) is 15.6. The summed E-state index contributed by atoms with van der Waals surface area (Å²) in [7, 11) is 0. The third-order valence-electron chi connectivity index (χ3n) is 5.87. The Balaban J connectivity index is 1.43. The SMILES string of the molecule is Cc1cnc(-c2cccnc2)nc1C1CCCN(C(=O)c2cc(=O)c3ccccc3o2)C1. The third-order valence-corrected chi connectivity index (χ3v) is 5.87. The van der Waals surface area contributed by atoms with Gasteiger partial charge in [-0.1, -0.05) is 12.1 Å². The molecule has 4 aromatic rings. The molecule has 0 saturated carbocycles. The van der Waals surface area contributed by atoms with Crippen molar-refractivity contribution in [3.63, 3.8) is 0 Å². The molecule has 1 unspecified atom stereocenters. The highest BCUT2D eigenvalue weighted by atomic mass is 16.3. The van der Waals surface area contributed by atoms with Crippen LogP contribution in [0.2, 0.25) is 0 Å². The second kappa shape index (κ2) is 8.34. The summed E-state index contributed by atoms with van der Waals surface area (Å²) in [4.78, 5) is 40.8. The van der Waals surface area contributed by atoms with E-state index in [-0.39, 0.29) is 23.0 Å². The van der Waals surface area contributed by atoms with Gasteiger partial charge in [0, 0.05) is 49.2 Å².